The largest absolute Gasteiger partial charge is 0.461 e. The first-order valence-corrected chi connectivity index (χ1v) is 7.97. The van der Waals surface area contributed by atoms with Crippen molar-refractivity contribution in [3.63, 3.8) is 0 Å². The molecule has 0 bridgehead atoms. The van der Waals surface area contributed by atoms with E-state index in [1.54, 1.807) is 12.5 Å². The van der Waals surface area contributed by atoms with Crippen LogP contribution in [0.25, 0.3) is 11.6 Å². The summed E-state index contributed by atoms with van der Waals surface area (Å²) in [6, 6.07) is 7.69. The number of aromatic nitrogens is 3. The van der Waals surface area contributed by atoms with Crippen molar-refractivity contribution >= 4 is 0 Å². The molecule has 6 nitrogen and oxygen atoms in total. The van der Waals surface area contributed by atoms with Crippen molar-refractivity contribution in [2.75, 3.05) is 19.7 Å². The van der Waals surface area contributed by atoms with Gasteiger partial charge >= 0.3 is 0 Å². The molecule has 0 amide bonds. The number of nitrogens with zero attached hydrogens (tertiary/aromatic N) is 4. The third kappa shape index (κ3) is 3.34. The monoisotopic (exact) mass is 322 g/mol. The second-order valence-corrected chi connectivity index (χ2v) is 5.77. The zero-order valence-corrected chi connectivity index (χ0v) is 13.2. The first-order valence-electron chi connectivity index (χ1n) is 7.97. The molecule has 3 aromatic rings. The van der Waals surface area contributed by atoms with Crippen LogP contribution in [0.1, 0.15) is 17.2 Å². The summed E-state index contributed by atoms with van der Waals surface area (Å²) >= 11 is 0. The second-order valence-electron chi connectivity index (χ2n) is 5.77. The lowest BCUT2D eigenvalue weighted by atomic mass is 10.1. The van der Waals surface area contributed by atoms with Crippen LogP contribution in [0.5, 0.6) is 0 Å². The summed E-state index contributed by atoms with van der Waals surface area (Å²) in [5.41, 5.74) is 2.20. The Morgan fingerprint density at radius 2 is 2.04 bits per heavy atom. The molecule has 0 spiro atoms. The fourth-order valence-electron chi connectivity index (χ4n) is 2.84. The first kappa shape index (κ1) is 15.0. The molecule has 1 aliphatic heterocycles. The Bertz CT molecular complexity index is 759. The van der Waals surface area contributed by atoms with Crippen molar-refractivity contribution in [2.24, 2.45) is 0 Å². The topological polar surface area (TPSA) is 64.3 Å². The molecular weight excluding hydrogens is 304 g/mol. The maximum atomic E-state index is 5.87. The van der Waals surface area contributed by atoms with Crippen molar-refractivity contribution in [1.82, 2.24) is 19.9 Å². The predicted octanol–water partition coefficient (Wildman–Crippen LogP) is 2.71. The van der Waals surface area contributed by atoms with Crippen molar-refractivity contribution in [3.05, 3.63) is 66.4 Å². The predicted molar refractivity (Wildman–Crippen MR) is 87.9 cm³/mol. The van der Waals surface area contributed by atoms with Gasteiger partial charge in [0.25, 0.3) is 0 Å². The van der Waals surface area contributed by atoms with Crippen LogP contribution < -0.4 is 0 Å². The van der Waals surface area contributed by atoms with Crippen LogP contribution in [-0.4, -0.2) is 39.5 Å². The van der Waals surface area contributed by atoms with Crippen LogP contribution in [0, 0.1) is 0 Å². The van der Waals surface area contributed by atoms with E-state index in [2.05, 4.69) is 25.9 Å². The van der Waals surface area contributed by atoms with Gasteiger partial charge in [0.1, 0.15) is 0 Å². The summed E-state index contributed by atoms with van der Waals surface area (Å²) < 4.78 is 11.2. The number of ether oxygens (including phenoxy) is 1. The SMILES string of the molecule is c1cncc([C@H]2CN(Cc3cnc(-c4ccco4)nc3)CCO2)c1. The Kier molecular flexibility index (Phi) is 4.31. The fourth-order valence-corrected chi connectivity index (χ4v) is 2.84. The van der Waals surface area contributed by atoms with Gasteiger partial charge in [-0.1, -0.05) is 6.07 Å². The smallest absolute Gasteiger partial charge is 0.195 e. The first-order chi connectivity index (χ1) is 11.9. The number of rotatable bonds is 4. The summed E-state index contributed by atoms with van der Waals surface area (Å²) in [7, 11) is 0. The van der Waals surface area contributed by atoms with Gasteiger partial charge in [0, 0.05) is 55.5 Å². The molecule has 0 aromatic carbocycles. The molecule has 0 aliphatic carbocycles. The van der Waals surface area contributed by atoms with Gasteiger partial charge in [-0.15, -0.1) is 0 Å². The summed E-state index contributed by atoms with van der Waals surface area (Å²) in [5, 5.41) is 0. The highest BCUT2D eigenvalue weighted by Crippen LogP contribution is 2.22. The average Bonchev–Trinajstić information content (AvgIpc) is 3.18. The number of morpholine rings is 1. The summed E-state index contributed by atoms with van der Waals surface area (Å²) in [5.74, 6) is 1.29. The number of hydrogen-bond acceptors (Lipinski definition) is 6. The van der Waals surface area contributed by atoms with Crippen LogP contribution in [-0.2, 0) is 11.3 Å². The van der Waals surface area contributed by atoms with Gasteiger partial charge in [-0.3, -0.25) is 9.88 Å². The molecule has 4 heterocycles. The van der Waals surface area contributed by atoms with Crippen LogP contribution in [0.4, 0.5) is 0 Å². The third-order valence-electron chi connectivity index (χ3n) is 4.06. The molecule has 0 saturated carbocycles. The highest BCUT2D eigenvalue weighted by atomic mass is 16.5. The Labute approximate surface area is 140 Å². The zero-order chi connectivity index (χ0) is 16.2. The van der Waals surface area contributed by atoms with E-state index in [9.17, 15) is 0 Å². The normalized spacial score (nSPS) is 18.6. The van der Waals surface area contributed by atoms with Gasteiger partial charge in [0.05, 0.1) is 19.0 Å². The third-order valence-corrected chi connectivity index (χ3v) is 4.06. The Hall–Kier alpha value is -2.57. The molecule has 6 heteroatoms. The molecule has 0 unspecified atom stereocenters. The minimum Gasteiger partial charge on any atom is -0.461 e. The van der Waals surface area contributed by atoms with Crippen molar-refractivity contribution in [1.29, 1.82) is 0 Å². The van der Waals surface area contributed by atoms with Gasteiger partial charge in [0.2, 0.25) is 0 Å². The van der Waals surface area contributed by atoms with Crippen LogP contribution in [0.15, 0.2) is 59.7 Å². The lowest BCUT2D eigenvalue weighted by Crippen LogP contribution is -2.37. The highest BCUT2D eigenvalue weighted by Gasteiger charge is 2.22. The molecule has 1 atom stereocenters. The number of furan rings is 1. The van der Waals surface area contributed by atoms with Crippen LogP contribution >= 0.6 is 0 Å². The lowest BCUT2D eigenvalue weighted by Gasteiger charge is -2.32. The molecule has 1 aliphatic rings. The van der Waals surface area contributed by atoms with E-state index >= 15 is 0 Å². The molecule has 24 heavy (non-hydrogen) atoms. The van der Waals surface area contributed by atoms with Gasteiger partial charge < -0.3 is 9.15 Å². The Morgan fingerprint density at radius 3 is 2.79 bits per heavy atom. The van der Waals surface area contributed by atoms with Crippen LogP contribution in [0.2, 0.25) is 0 Å². The standard InChI is InChI=1S/C18H18N4O2/c1-3-15(11-19-5-1)17-13-22(6-8-24-17)12-14-9-20-18(21-10-14)16-4-2-7-23-16/h1-5,7,9-11,17H,6,8,12-13H2/t17-/m1/s1. The van der Waals surface area contributed by atoms with E-state index < -0.39 is 0 Å². The highest BCUT2D eigenvalue weighted by molar-refractivity contribution is 5.45. The van der Waals surface area contributed by atoms with E-state index in [1.807, 2.05) is 36.8 Å². The summed E-state index contributed by atoms with van der Waals surface area (Å²) in [6.07, 6.45) is 9.06. The maximum absolute atomic E-state index is 5.87. The average molecular weight is 322 g/mol. The van der Waals surface area contributed by atoms with E-state index in [0.29, 0.717) is 18.2 Å². The molecule has 0 N–H and O–H groups in total. The number of pyridine rings is 1. The molecule has 122 valence electrons. The van der Waals surface area contributed by atoms with Crippen molar-refractivity contribution < 1.29 is 9.15 Å². The van der Waals surface area contributed by atoms with E-state index in [1.165, 1.54) is 0 Å². The minimum absolute atomic E-state index is 0.0655. The Morgan fingerprint density at radius 1 is 1.12 bits per heavy atom. The van der Waals surface area contributed by atoms with Gasteiger partial charge in [-0.2, -0.15) is 0 Å². The fraction of sp³-hybridized carbons (Fsp3) is 0.278. The molecule has 4 rings (SSSR count). The molecule has 3 aromatic heterocycles. The number of hydrogen-bond donors (Lipinski definition) is 0. The molecule has 1 fully saturated rings. The molecule has 0 radical (unpaired) electrons. The van der Waals surface area contributed by atoms with Gasteiger partial charge in [-0.25, -0.2) is 9.97 Å². The maximum Gasteiger partial charge on any atom is 0.195 e. The summed E-state index contributed by atoms with van der Waals surface area (Å²) in [6.45, 7) is 3.26. The Balaban J connectivity index is 1.41. The quantitative estimate of drug-likeness (QED) is 0.736. The van der Waals surface area contributed by atoms with Gasteiger partial charge in [0.15, 0.2) is 11.6 Å². The van der Waals surface area contributed by atoms with Gasteiger partial charge in [-0.05, 0) is 18.2 Å². The van der Waals surface area contributed by atoms with E-state index in [-0.39, 0.29) is 6.10 Å². The second kappa shape index (κ2) is 6.90. The minimum atomic E-state index is 0.0655. The van der Waals surface area contributed by atoms with Crippen LogP contribution in [0.3, 0.4) is 0 Å². The molecule has 1 saturated heterocycles. The zero-order valence-electron chi connectivity index (χ0n) is 13.2. The van der Waals surface area contributed by atoms with Crippen molar-refractivity contribution in [3.8, 4) is 11.6 Å². The lowest BCUT2D eigenvalue weighted by molar-refractivity contribution is -0.0331. The summed E-state index contributed by atoms with van der Waals surface area (Å²) in [4.78, 5) is 15.3. The van der Waals surface area contributed by atoms with Crippen molar-refractivity contribution in [2.45, 2.75) is 12.6 Å². The molecular formula is C18H18N4O2. The van der Waals surface area contributed by atoms with E-state index in [0.717, 1.165) is 30.8 Å². The van der Waals surface area contributed by atoms with E-state index in [4.69, 9.17) is 9.15 Å².